The lowest BCUT2D eigenvalue weighted by molar-refractivity contribution is -0.137. The molecule has 0 unspecified atom stereocenters. The molecule has 120 valence electrons. The van der Waals surface area contributed by atoms with Crippen LogP contribution in [0, 0.1) is 5.92 Å². The van der Waals surface area contributed by atoms with Crippen molar-refractivity contribution in [1.82, 2.24) is 9.80 Å². The predicted octanol–water partition coefficient (Wildman–Crippen LogP) is 2.91. The highest BCUT2D eigenvalue weighted by atomic mass is 79.9. The lowest BCUT2D eigenvalue weighted by Gasteiger charge is -2.35. The molecule has 3 rings (SSSR count). The molecule has 2 aliphatic heterocycles. The summed E-state index contributed by atoms with van der Waals surface area (Å²) in [4.78, 5) is 28.6. The fourth-order valence-corrected chi connectivity index (χ4v) is 3.59. The molecular weight excluding hydrogens is 348 g/mol. The first-order chi connectivity index (χ1) is 10.6. The van der Waals surface area contributed by atoms with Crippen LogP contribution in [0.2, 0.25) is 0 Å². The number of hydrogen-bond acceptors (Lipinski definition) is 3. The SMILES string of the molecule is O=C(c1ccc(Br)o1)N1CCC(C(=O)N2CCCCC2)CC1. The monoisotopic (exact) mass is 368 g/mol. The largest absolute Gasteiger partial charge is 0.444 e. The topological polar surface area (TPSA) is 53.8 Å². The number of halogens is 1. The molecule has 6 heteroatoms. The number of nitrogens with zero attached hydrogens (tertiary/aromatic N) is 2. The molecule has 2 aliphatic rings. The van der Waals surface area contributed by atoms with Crippen LogP contribution >= 0.6 is 15.9 Å². The minimum atomic E-state index is -0.0884. The van der Waals surface area contributed by atoms with Crippen molar-refractivity contribution in [2.45, 2.75) is 32.1 Å². The molecule has 0 saturated carbocycles. The Kier molecular flexibility index (Phi) is 4.86. The Bertz CT molecular complexity index is 543. The second kappa shape index (κ2) is 6.86. The van der Waals surface area contributed by atoms with E-state index in [1.807, 2.05) is 4.90 Å². The van der Waals surface area contributed by atoms with Crippen LogP contribution < -0.4 is 0 Å². The summed E-state index contributed by atoms with van der Waals surface area (Å²) in [5, 5.41) is 0. The Morgan fingerprint density at radius 3 is 2.27 bits per heavy atom. The van der Waals surface area contributed by atoms with E-state index in [4.69, 9.17) is 4.42 Å². The fourth-order valence-electron chi connectivity index (χ4n) is 3.29. The molecular formula is C16H21BrN2O3. The van der Waals surface area contributed by atoms with Crippen LogP contribution in [0.25, 0.3) is 0 Å². The van der Waals surface area contributed by atoms with Gasteiger partial charge in [0, 0.05) is 32.1 Å². The van der Waals surface area contributed by atoms with Crippen LogP contribution in [0.1, 0.15) is 42.7 Å². The van der Waals surface area contributed by atoms with Gasteiger partial charge in [-0.05, 0) is 60.2 Å². The number of amides is 2. The van der Waals surface area contributed by atoms with Crippen LogP contribution in [-0.2, 0) is 4.79 Å². The van der Waals surface area contributed by atoms with Crippen LogP contribution in [0.4, 0.5) is 0 Å². The van der Waals surface area contributed by atoms with Gasteiger partial charge in [-0.1, -0.05) is 0 Å². The maximum absolute atomic E-state index is 12.5. The van der Waals surface area contributed by atoms with Crippen LogP contribution in [0.15, 0.2) is 21.2 Å². The Morgan fingerprint density at radius 2 is 1.68 bits per heavy atom. The van der Waals surface area contributed by atoms with Gasteiger partial charge < -0.3 is 14.2 Å². The zero-order valence-corrected chi connectivity index (χ0v) is 14.2. The normalized spacial score (nSPS) is 20.2. The van der Waals surface area contributed by atoms with Crippen molar-refractivity contribution in [2.24, 2.45) is 5.92 Å². The van der Waals surface area contributed by atoms with E-state index in [0.717, 1.165) is 38.8 Å². The molecule has 1 aromatic rings. The molecule has 0 spiro atoms. The molecule has 5 nitrogen and oxygen atoms in total. The zero-order valence-electron chi connectivity index (χ0n) is 12.6. The third-order valence-electron chi connectivity index (χ3n) is 4.58. The van der Waals surface area contributed by atoms with Gasteiger partial charge in [0.1, 0.15) is 0 Å². The average molecular weight is 369 g/mol. The van der Waals surface area contributed by atoms with Gasteiger partial charge in [-0.3, -0.25) is 9.59 Å². The van der Waals surface area contributed by atoms with Gasteiger partial charge in [-0.2, -0.15) is 0 Å². The number of likely N-dealkylation sites (tertiary alicyclic amines) is 2. The van der Waals surface area contributed by atoms with E-state index in [1.165, 1.54) is 6.42 Å². The summed E-state index contributed by atoms with van der Waals surface area (Å²) in [6, 6.07) is 3.40. The summed E-state index contributed by atoms with van der Waals surface area (Å²) < 4.78 is 5.88. The van der Waals surface area contributed by atoms with Crippen molar-refractivity contribution < 1.29 is 14.0 Å². The highest BCUT2D eigenvalue weighted by Gasteiger charge is 2.31. The van der Waals surface area contributed by atoms with Crippen molar-refractivity contribution in [3.63, 3.8) is 0 Å². The van der Waals surface area contributed by atoms with E-state index in [0.29, 0.717) is 23.5 Å². The van der Waals surface area contributed by atoms with Crippen LogP contribution in [0.3, 0.4) is 0 Å². The Morgan fingerprint density at radius 1 is 1.00 bits per heavy atom. The minimum Gasteiger partial charge on any atom is -0.444 e. The van der Waals surface area contributed by atoms with E-state index >= 15 is 0 Å². The molecule has 22 heavy (non-hydrogen) atoms. The predicted molar refractivity (Wildman–Crippen MR) is 85.5 cm³/mol. The lowest BCUT2D eigenvalue weighted by atomic mass is 9.94. The van der Waals surface area contributed by atoms with Gasteiger partial charge in [0.05, 0.1) is 0 Å². The minimum absolute atomic E-state index is 0.0745. The Hall–Kier alpha value is -1.30. The zero-order chi connectivity index (χ0) is 15.5. The summed E-state index contributed by atoms with van der Waals surface area (Å²) >= 11 is 3.21. The highest BCUT2D eigenvalue weighted by Crippen LogP contribution is 2.24. The molecule has 3 heterocycles. The third-order valence-corrected chi connectivity index (χ3v) is 5.01. The first-order valence-corrected chi connectivity index (χ1v) is 8.78. The second-order valence-corrected chi connectivity index (χ2v) is 6.84. The Labute approximate surface area is 138 Å². The van der Waals surface area contributed by atoms with Gasteiger partial charge in [0.2, 0.25) is 5.91 Å². The standard InChI is InChI=1S/C16H21BrN2O3/c17-14-5-4-13(22-14)16(21)19-10-6-12(7-11-19)15(20)18-8-2-1-3-9-18/h4-5,12H,1-3,6-11H2. The second-order valence-electron chi connectivity index (χ2n) is 6.06. The van der Waals surface area contributed by atoms with E-state index in [2.05, 4.69) is 15.9 Å². The molecule has 2 saturated heterocycles. The molecule has 2 fully saturated rings. The van der Waals surface area contributed by atoms with E-state index in [-0.39, 0.29) is 17.7 Å². The van der Waals surface area contributed by atoms with E-state index in [1.54, 1.807) is 17.0 Å². The molecule has 0 aliphatic carbocycles. The van der Waals surface area contributed by atoms with Gasteiger partial charge in [0.15, 0.2) is 10.4 Å². The van der Waals surface area contributed by atoms with Gasteiger partial charge in [-0.25, -0.2) is 0 Å². The Balaban J connectivity index is 1.53. The lowest BCUT2D eigenvalue weighted by Crippen LogP contribution is -2.45. The van der Waals surface area contributed by atoms with Crippen LogP contribution in [-0.4, -0.2) is 47.8 Å². The summed E-state index contributed by atoms with van der Waals surface area (Å²) in [6.45, 7) is 3.06. The molecule has 0 radical (unpaired) electrons. The van der Waals surface area contributed by atoms with Gasteiger partial charge in [0.25, 0.3) is 5.91 Å². The number of furan rings is 1. The van der Waals surface area contributed by atoms with Crippen molar-refractivity contribution in [2.75, 3.05) is 26.2 Å². The van der Waals surface area contributed by atoms with E-state index < -0.39 is 0 Å². The molecule has 1 aromatic heterocycles. The maximum Gasteiger partial charge on any atom is 0.289 e. The van der Waals surface area contributed by atoms with Crippen molar-refractivity contribution in [3.8, 4) is 0 Å². The highest BCUT2D eigenvalue weighted by molar-refractivity contribution is 9.10. The number of rotatable bonds is 2. The molecule has 2 amide bonds. The summed E-state index contributed by atoms with van der Waals surface area (Å²) in [5.74, 6) is 0.625. The summed E-state index contributed by atoms with van der Waals surface area (Å²) in [5.41, 5.74) is 0. The molecule has 0 aromatic carbocycles. The summed E-state index contributed by atoms with van der Waals surface area (Å²) in [7, 11) is 0. The summed E-state index contributed by atoms with van der Waals surface area (Å²) in [6.07, 6.45) is 4.98. The maximum atomic E-state index is 12.5. The fraction of sp³-hybridized carbons (Fsp3) is 0.625. The molecule has 0 bridgehead atoms. The van der Waals surface area contributed by atoms with Gasteiger partial charge in [-0.15, -0.1) is 0 Å². The first-order valence-electron chi connectivity index (χ1n) is 7.98. The number of piperidine rings is 2. The quantitative estimate of drug-likeness (QED) is 0.806. The number of hydrogen-bond donors (Lipinski definition) is 0. The third kappa shape index (κ3) is 3.37. The van der Waals surface area contributed by atoms with Crippen molar-refractivity contribution in [3.05, 3.63) is 22.6 Å². The molecule has 0 atom stereocenters. The first kappa shape index (κ1) is 15.6. The van der Waals surface area contributed by atoms with E-state index in [9.17, 15) is 9.59 Å². The smallest absolute Gasteiger partial charge is 0.289 e. The number of carbonyl (C=O) groups is 2. The van der Waals surface area contributed by atoms with Crippen molar-refractivity contribution >= 4 is 27.7 Å². The van der Waals surface area contributed by atoms with Gasteiger partial charge >= 0.3 is 0 Å². The average Bonchev–Trinajstić information content (AvgIpc) is 3.01. The molecule has 0 N–H and O–H groups in total. The van der Waals surface area contributed by atoms with Crippen molar-refractivity contribution in [1.29, 1.82) is 0 Å². The number of carbonyl (C=O) groups excluding carboxylic acids is 2. The van der Waals surface area contributed by atoms with Crippen LogP contribution in [0.5, 0.6) is 0 Å².